The van der Waals surface area contributed by atoms with Crippen LogP contribution in [0.15, 0.2) is 83.9 Å². The molecule has 63 heavy (non-hydrogen) atoms. The first-order valence-corrected chi connectivity index (χ1v) is 26.4. The van der Waals surface area contributed by atoms with Crippen molar-refractivity contribution in [2.24, 2.45) is 11.8 Å². The molecular formula is C55H76N4O2S2. The van der Waals surface area contributed by atoms with E-state index in [4.69, 9.17) is 0 Å². The Balaban J connectivity index is 1.40. The van der Waals surface area contributed by atoms with Gasteiger partial charge >= 0.3 is 0 Å². The zero-order valence-electron chi connectivity index (χ0n) is 39.8. The van der Waals surface area contributed by atoms with E-state index >= 15 is 9.59 Å². The van der Waals surface area contributed by atoms with Gasteiger partial charge in [0.05, 0.1) is 32.3 Å². The quantitative estimate of drug-likeness (QED) is 0.0626. The molecule has 2 aliphatic rings. The summed E-state index contributed by atoms with van der Waals surface area (Å²) in [5.74, 6) is 0.584. The van der Waals surface area contributed by atoms with Crippen LogP contribution in [-0.2, 0) is 9.59 Å². The maximum Gasteiger partial charge on any atom is 0.261 e. The molecule has 2 aromatic carbocycles. The summed E-state index contributed by atoms with van der Waals surface area (Å²) >= 11 is 3.39. The molecule has 0 radical (unpaired) electrons. The minimum absolute atomic E-state index is 0.0279. The third-order valence-corrected chi connectivity index (χ3v) is 15.5. The van der Waals surface area contributed by atoms with Gasteiger partial charge in [0.15, 0.2) is 0 Å². The second-order valence-corrected chi connectivity index (χ2v) is 20.4. The van der Waals surface area contributed by atoms with Crippen LogP contribution < -0.4 is 10.6 Å². The van der Waals surface area contributed by atoms with Crippen LogP contribution in [0, 0.1) is 11.8 Å². The number of benzene rings is 2. The Kier molecular flexibility index (Phi) is 18.2. The molecule has 6 rings (SSSR count). The summed E-state index contributed by atoms with van der Waals surface area (Å²) in [6.07, 6.45) is 17.0. The van der Waals surface area contributed by atoms with Gasteiger partial charge in [-0.3, -0.25) is 9.59 Å². The predicted molar refractivity (Wildman–Crippen MR) is 273 cm³/mol. The third kappa shape index (κ3) is 11.8. The second kappa shape index (κ2) is 23.7. The number of rotatable bonds is 27. The Labute approximate surface area is 388 Å². The van der Waals surface area contributed by atoms with Crippen molar-refractivity contribution in [2.75, 3.05) is 23.7 Å². The molecule has 2 amide bonds. The second-order valence-electron chi connectivity index (χ2n) is 18.2. The van der Waals surface area contributed by atoms with Crippen LogP contribution in [0.4, 0.5) is 11.4 Å². The van der Waals surface area contributed by atoms with Crippen molar-refractivity contribution in [3.8, 4) is 20.9 Å². The molecule has 2 aromatic heterocycles. The average Bonchev–Trinajstić information content (AvgIpc) is 4.10. The Morgan fingerprint density at radius 2 is 0.873 bits per heavy atom. The fraction of sp³-hybridized carbons (Fsp3) is 0.527. The minimum atomic E-state index is -0.0336. The molecule has 0 fully saturated rings. The Hall–Kier alpha value is -4.14. The number of anilines is 2. The van der Waals surface area contributed by atoms with E-state index in [1.165, 1.54) is 38.5 Å². The number of amides is 2. The first-order chi connectivity index (χ1) is 30.7. The van der Waals surface area contributed by atoms with Crippen molar-refractivity contribution in [2.45, 2.75) is 164 Å². The summed E-state index contributed by atoms with van der Waals surface area (Å²) in [6, 6.07) is 27.2. The fourth-order valence-corrected chi connectivity index (χ4v) is 11.4. The van der Waals surface area contributed by atoms with E-state index in [9.17, 15) is 0 Å². The van der Waals surface area contributed by atoms with E-state index < -0.39 is 0 Å². The van der Waals surface area contributed by atoms with Gasteiger partial charge in [0.2, 0.25) is 0 Å². The molecule has 4 aromatic rings. The summed E-state index contributed by atoms with van der Waals surface area (Å²) in [7, 11) is 0. The lowest BCUT2D eigenvalue weighted by Crippen LogP contribution is -2.34. The molecular weight excluding hydrogens is 813 g/mol. The molecule has 2 N–H and O–H groups in total. The lowest BCUT2D eigenvalue weighted by atomic mass is 9.98. The number of unbranched alkanes of at least 4 members (excludes halogenated alkanes) is 4. The van der Waals surface area contributed by atoms with Gasteiger partial charge in [-0.25, -0.2) is 0 Å². The number of carbonyl (C=O) groups is 2. The molecule has 0 bridgehead atoms. The largest absolute Gasteiger partial charge is 0.382 e. The first kappa shape index (κ1) is 48.3. The van der Waals surface area contributed by atoms with Crippen molar-refractivity contribution in [1.29, 1.82) is 0 Å². The van der Waals surface area contributed by atoms with Crippen molar-refractivity contribution >= 4 is 57.3 Å². The van der Waals surface area contributed by atoms with E-state index in [0.29, 0.717) is 48.2 Å². The first-order valence-electron chi connectivity index (χ1n) is 24.7. The monoisotopic (exact) mass is 889 g/mol. The number of hydrogen-bond donors (Lipinski definition) is 2. The van der Waals surface area contributed by atoms with Gasteiger partial charge in [-0.2, -0.15) is 0 Å². The van der Waals surface area contributed by atoms with Gasteiger partial charge in [-0.15, -0.1) is 22.7 Å². The van der Waals surface area contributed by atoms with Crippen LogP contribution in [0.1, 0.15) is 161 Å². The van der Waals surface area contributed by atoms with Crippen LogP contribution in [-0.4, -0.2) is 46.8 Å². The molecule has 0 spiro atoms. The summed E-state index contributed by atoms with van der Waals surface area (Å²) in [5, 5.41) is 7.49. The summed E-state index contributed by atoms with van der Waals surface area (Å²) in [5.41, 5.74) is 7.36. The normalized spacial score (nSPS) is 16.0. The number of carbonyl (C=O) groups excluding carboxylic acids is 2. The summed E-state index contributed by atoms with van der Waals surface area (Å²) < 4.78 is 0. The predicted octanol–water partition coefficient (Wildman–Crippen LogP) is 15.8. The third-order valence-electron chi connectivity index (χ3n) is 13.3. The van der Waals surface area contributed by atoms with Crippen molar-refractivity contribution in [3.63, 3.8) is 0 Å². The maximum absolute atomic E-state index is 15.3. The van der Waals surface area contributed by atoms with Crippen molar-refractivity contribution < 1.29 is 9.59 Å². The number of nitrogens with zero attached hydrogens (tertiary/aromatic N) is 2. The smallest absolute Gasteiger partial charge is 0.261 e. The SMILES string of the molecule is CCCCC(C)CN1C(=O)C2=C(c3ccc(-c4ccc(NC(CC)CCCC)cc4)s3)N(CC(CC)CCCC)C(=O)C2=C1c1ccc(-c2ccc(NC(CC)CCCC)cc2)s1. The zero-order valence-corrected chi connectivity index (χ0v) is 41.4. The van der Waals surface area contributed by atoms with E-state index in [-0.39, 0.29) is 11.8 Å². The van der Waals surface area contributed by atoms with E-state index in [0.717, 1.165) is 111 Å². The fourth-order valence-electron chi connectivity index (χ4n) is 9.22. The van der Waals surface area contributed by atoms with Gasteiger partial charge in [0.1, 0.15) is 0 Å². The Morgan fingerprint density at radius 3 is 1.29 bits per heavy atom. The molecule has 0 saturated carbocycles. The average molecular weight is 889 g/mol. The highest BCUT2D eigenvalue weighted by molar-refractivity contribution is 7.17. The standard InChI is InChI=1S/C55H76N4O2S2/c1-9-16-20-38(8)36-58-52(48-34-32-46(62-48)40-24-28-44(29-25-40)56-42(14-6)22-18-11-3)50-51(54(58)60)53(59(55(50)61)37-39(13-5)21-17-10-2)49-35-33-47(63-49)41-26-30-45(31-27-41)57-43(15-7)23-19-12-4/h24-35,38-39,42-43,56-57H,9-23,36-37H2,1-8H3. The molecule has 2 aliphatic heterocycles. The Morgan fingerprint density at radius 1 is 0.476 bits per heavy atom. The van der Waals surface area contributed by atoms with Gasteiger partial charge in [-0.1, -0.05) is 137 Å². The highest BCUT2D eigenvalue weighted by Crippen LogP contribution is 2.50. The van der Waals surface area contributed by atoms with Crippen LogP contribution in [0.25, 0.3) is 32.3 Å². The van der Waals surface area contributed by atoms with Crippen LogP contribution in [0.5, 0.6) is 0 Å². The lowest BCUT2D eigenvalue weighted by Gasteiger charge is -2.28. The zero-order chi connectivity index (χ0) is 44.9. The van der Waals surface area contributed by atoms with Crippen molar-refractivity contribution in [3.05, 3.63) is 93.7 Å². The molecule has 0 saturated heterocycles. The summed E-state index contributed by atoms with van der Waals surface area (Å²) in [6.45, 7) is 19.2. The molecule has 6 nitrogen and oxygen atoms in total. The maximum atomic E-state index is 15.3. The highest BCUT2D eigenvalue weighted by atomic mass is 32.1. The van der Waals surface area contributed by atoms with Crippen LogP contribution in [0.2, 0.25) is 0 Å². The van der Waals surface area contributed by atoms with E-state index in [1.54, 1.807) is 22.7 Å². The van der Waals surface area contributed by atoms with Gasteiger partial charge in [0.25, 0.3) is 11.8 Å². The highest BCUT2D eigenvalue weighted by Gasteiger charge is 2.50. The van der Waals surface area contributed by atoms with Crippen LogP contribution >= 0.6 is 22.7 Å². The van der Waals surface area contributed by atoms with Gasteiger partial charge in [0, 0.05) is 46.3 Å². The topological polar surface area (TPSA) is 64.7 Å². The van der Waals surface area contributed by atoms with E-state index in [1.807, 2.05) is 9.80 Å². The molecule has 4 atom stereocenters. The van der Waals surface area contributed by atoms with Crippen LogP contribution in [0.3, 0.4) is 0 Å². The van der Waals surface area contributed by atoms with Gasteiger partial charge in [-0.05, 0) is 110 Å². The molecule has 0 aliphatic carbocycles. The number of nitrogens with one attached hydrogen (secondary N) is 2. The van der Waals surface area contributed by atoms with E-state index in [2.05, 4.69) is 139 Å². The minimum Gasteiger partial charge on any atom is -0.382 e. The molecule has 4 unspecified atom stereocenters. The van der Waals surface area contributed by atoms with Gasteiger partial charge < -0.3 is 20.4 Å². The molecule has 340 valence electrons. The number of thiophene rings is 2. The molecule has 8 heteroatoms. The summed E-state index contributed by atoms with van der Waals surface area (Å²) in [4.78, 5) is 38.7. The van der Waals surface area contributed by atoms with Crippen molar-refractivity contribution in [1.82, 2.24) is 9.80 Å². The molecule has 4 heterocycles. The lowest BCUT2D eigenvalue weighted by molar-refractivity contribution is -0.124. The Bertz CT molecular complexity index is 2140. The number of hydrogen-bond acceptors (Lipinski definition) is 6. The number of fused-ring (bicyclic) bond motifs is 1.